The van der Waals surface area contributed by atoms with Gasteiger partial charge in [0.25, 0.3) is 0 Å². The van der Waals surface area contributed by atoms with Crippen molar-refractivity contribution < 1.29 is 18.0 Å². The summed E-state index contributed by atoms with van der Waals surface area (Å²) in [6, 6.07) is -0.865. The summed E-state index contributed by atoms with van der Waals surface area (Å²) in [5.74, 6) is -0.767. The average molecular weight is 268 g/mol. The zero-order chi connectivity index (χ0) is 14.5. The number of hydrogen-bond donors (Lipinski definition) is 1. The van der Waals surface area contributed by atoms with Crippen molar-refractivity contribution in [1.29, 1.82) is 0 Å². The summed E-state index contributed by atoms with van der Waals surface area (Å²) in [6.07, 6.45) is -3.73. The molecule has 0 saturated heterocycles. The average Bonchev–Trinajstić information content (AvgIpc) is 2.22. The lowest BCUT2D eigenvalue weighted by atomic mass is 9.98. The lowest BCUT2D eigenvalue weighted by Crippen LogP contribution is -2.50. The van der Waals surface area contributed by atoms with Crippen LogP contribution in [0.2, 0.25) is 0 Å². The van der Waals surface area contributed by atoms with Gasteiger partial charge in [0.05, 0.1) is 6.04 Å². The summed E-state index contributed by atoms with van der Waals surface area (Å²) < 4.78 is 37.3. The van der Waals surface area contributed by atoms with Crippen LogP contribution in [-0.2, 0) is 4.79 Å². The Hall–Kier alpha value is -0.780. The van der Waals surface area contributed by atoms with Gasteiger partial charge < -0.3 is 10.6 Å². The first kappa shape index (κ1) is 17.2. The molecule has 0 aliphatic carbocycles. The monoisotopic (exact) mass is 268 g/mol. The molecule has 2 N–H and O–H groups in total. The smallest absolute Gasteiger partial charge is 0.332 e. The lowest BCUT2D eigenvalue weighted by molar-refractivity contribution is -0.163. The number of hydrogen-bond acceptors (Lipinski definition) is 2. The molecule has 0 fully saturated rings. The molecule has 0 bridgehead atoms. The Morgan fingerprint density at radius 3 is 2.11 bits per heavy atom. The summed E-state index contributed by atoms with van der Waals surface area (Å²) in [7, 11) is 0. The van der Waals surface area contributed by atoms with E-state index in [0.717, 1.165) is 4.90 Å². The van der Waals surface area contributed by atoms with Crippen molar-refractivity contribution in [1.82, 2.24) is 4.90 Å². The third-order valence-corrected chi connectivity index (χ3v) is 2.81. The first-order chi connectivity index (χ1) is 8.08. The first-order valence-corrected chi connectivity index (χ1v) is 6.19. The molecule has 0 rings (SSSR count). The highest BCUT2D eigenvalue weighted by Gasteiger charge is 2.35. The van der Waals surface area contributed by atoms with Crippen LogP contribution in [0.1, 0.15) is 34.1 Å². The molecular weight excluding hydrogens is 245 g/mol. The van der Waals surface area contributed by atoms with E-state index in [4.69, 9.17) is 5.73 Å². The minimum Gasteiger partial charge on any atom is -0.332 e. The van der Waals surface area contributed by atoms with Gasteiger partial charge >= 0.3 is 6.18 Å². The van der Waals surface area contributed by atoms with Crippen LogP contribution >= 0.6 is 0 Å². The second kappa shape index (κ2) is 6.97. The maximum Gasteiger partial charge on any atom is 0.406 e. The van der Waals surface area contributed by atoms with Crippen LogP contribution in [0.25, 0.3) is 0 Å². The minimum atomic E-state index is -4.39. The maximum absolute atomic E-state index is 12.4. The Kier molecular flexibility index (Phi) is 6.67. The van der Waals surface area contributed by atoms with Gasteiger partial charge in [-0.2, -0.15) is 13.2 Å². The van der Waals surface area contributed by atoms with Crippen LogP contribution in [0.4, 0.5) is 13.2 Å². The van der Waals surface area contributed by atoms with Gasteiger partial charge in [0.15, 0.2) is 0 Å². The van der Waals surface area contributed by atoms with Gasteiger partial charge in [0.1, 0.15) is 6.54 Å². The highest BCUT2D eigenvalue weighted by Crippen LogP contribution is 2.19. The number of nitrogens with two attached hydrogens (primary N) is 1. The fourth-order valence-corrected chi connectivity index (χ4v) is 1.60. The number of rotatable bonds is 6. The molecule has 2 atom stereocenters. The Morgan fingerprint density at radius 2 is 1.78 bits per heavy atom. The minimum absolute atomic E-state index is 0.0274. The largest absolute Gasteiger partial charge is 0.406 e. The van der Waals surface area contributed by atoms with E-state index in [-0.39, 0.29) is 18.4 Å². The Morgan fingerprint density at radius 1 is 1.28 bits per heavy atom. The fourth-order valence-electron chi connectivity index (χ4n) is 1.60. The van der Waals surface area contributed by atoms with Crippen LogP contribution in [0.5, 0.6) is 0 Å². The highest BCUT2D eigenvalue weighted by molar-refractivity contribution is 5.82. The second-order valence-electron chi connectivity index (χ2n) is 5.14. The number of halogens is 3. The predicted octanol–water partition coefficient (Wildman–Crippen LogP) is 2.41. The molecule has 0 radical (unpaired) electrons. The summed E-state index contributed by atoms with van der Waals surface area (Å²) >= 11 is 0. The number of carbonyl (C=O) groups is 1. The predicted molar refractivity (Wildman–Crippen MR) is 64.9 cm³/mol. The van der Waals surface area contributed by atoms with Crippen molar-refractivity contribution in [3.05, 3.63) is 0 Å². The summed E-state index contributed by atoms with van der Waals surface area (Å²) in [6.45, 7) is 6.01. The highest BCUT2D eigenvalue weighted by atomic mass is 19.4. The number of alkyl halides is 3. The summed E-state index contributed by atoms with van der Waals surface area (Å²) in [4.78, 5) is 12.8. The third-order valence-electron chi connectivity index (χ3n) is 2.81. The van der Waals surface area contributed by atoms with Crippen LogP contribution < -0.4 is 5.73 Å². The zero-order valence-corrected chi connectivity index (χ0v) is 11.4. The molecule has 0 heterocycles. The van der Waals surface area contributed by atoms with Gasteiger partial charge in [-0.1, -0.05) is 34.1 Å². The van der Waals surface area contributed by atoms with Gasteiger partial charge in [-0.05, 0) is 11.8 Å². The van der Waals surface area contributed by atoms with Crippen LogP contribution in [-0.4, -0.2) is 36.1 Å². The van der Waals surface area contributed by atoms with E-state index in [2.05, 4.69) is 0 Å². The van der Waals surface area contributed by atoms with Gasteiger partial charge in [-0.3, -0.25) is 4.79 Å². The molecule has 0 aliphatic heterocycles. The maximum atomic E-state index is 12.4. The standard InChI is InChI=1S/C12H23F3N2O/c1-5-9(4)10(16)11(18)17(6-8(2)3)7-12(13,14)15/h8-10H,5-7,16H2,1-4H3/t9?,10-/m0/s1. The molecule has 3 nitrogen and oxygen atoms in total. The lowest BCUT2D eigenvalue weighted by Gasteiger charge is -2.30. The normalized spacial score (nSPS) is 15.6. The molecular formula is C12H23F3N2O. The second-order valence-corrected chi connectivity index (χ2v) is 5.14. The molecule has 0 aromatic heterocycles. The zero-order valence-electron chi connectivity index (χ0n) is 11.4. The van der Waals surface area contributed by atoms with Crippen molar-refractivity contribution in [2.24, 2.45) is 17.6 Å². The quantitative estimate of drug-likeness (QED) is 0.804. The Balaban J connectivity index is 4.79. The van der Waals surface area contributed by atoms with E-state index in [1.165, 1.54) is 0 Å². The number of carbonyl (C=O) groups excluding carboxylic acids is 1. The first-order valence-electron chi connectivity index (χ1n) is 6.19. The molecule has 108 valence electrons. The summed E-state index contributed by atoms with van der Waals surface area (Å²) in [5.41, 5.74) is 5.71. The topological polar surface area (TPSA) is 46.3 Å². The number of nitrogens with zero attached hydrogens (tertiary/aromatic N) is 1. The van der Waals surface area contributed by atoms with Crippen molar-refractivity contribution in [2.75, 3.05) is 13.1 Å². The number of amides is 1. The molecule has 0 saturated carbocycles. The van der Waals surface area contributed by atoms with E-state index in [1.54, 1.807) is 20.8 Å². The van der Waals surface area contributed by atoms with Crippen LogP contribution in [0.3, 0.4) is 0 Å². The van der Waals surface area contributed by atoms with Crippen LogP contribution in [0, 0.1) is 11.8 Å². The molecule has 0 aromatic rings. The van der Waals surface area contributed by atoms with Gasteiger partial charge in [0, 0.05) is 6.54 Å². The molecule has 0 aliphatic rings. The molecule has 18 heavy (non-hydrogen) atoms. The Labute approximate surface area is 107 Å². The van der Waals surface area contributed by atoms with E-state index >= 15 is 0 Å². The van der Waals surface area contributed by atoms with Crippen molar-refractivity contribution >= 4 is 5.91 Å². The summed E-state index contributed by atoms with van der Waals surface area (Å²) in [5, 5.41) is 0. The molecule has 0 aromatic carbocycles. The van der Waals surface area contributed by atoms with Crippen molar-refractivity contribution in [3.8, 4) is 0 Å². The van der Waals surface area contributed by atoms with E-state index in [0.29, 0.717) is 6.42 Å². The van der Waals surface area contributed by atoms with Crippen LogP contribution in [0.15, 0.2) is 0 Å². The third kappa shape index (κ3) is 6.23. The SMILES string of the molecule is CCC(C)[C@H](N)C(=O)N(CC(C)C)CC(F)(F)F. The van der Waals surface area contributed by atoms with Crippen molar-refractivity contribution in [2.45, 2.75) is 46.3 Å². The van der Waals surface area contributed by atoms with E-state index in [1.807, 2.05) is 6.92 Å². The van der Waals surface area contributed by atoms with Gasteiger partial charge in [0.2, 0.25) is 5.91 Å². The Bertz CT molecular complexity index is 267. The molecule has 1 amide bonds. The molecule has 1 unspecified atom stereocenters. The fraction of sp³-hybridized carbons (Fsp3) is 0.917. The molecule has 0 spiro atoms. The molecule has 6 heteroatoms. The van der Waals surface area contributed by atoms with E-state index < -0.39 is 24.7 Å². The van der Waals surface area contributed by atoms with Gasteiger partial charge in [-0.15, -0.1) is 0 Å². The van der Waals surface area contributed by atoms with Crippen molar-refractivity contribution in [3.63, 3.8) is 0 Å². The van der Waals surface area contributed by atoms with E-state index in [9.17, 15) is 18.0 Å². The van der Waals surface area contributed by atoms with Gasteiger partial charge in [-0.25, -0.2) is 0 Å².